The van der Waals surface area contributed by atoms with Gasteiger partial charge in [-0.25, -0.2) is 0 Å². The Morgan fingerprint density at radius 2 is 0.941 bits per heavy atom. The van der Waals surface area contributed by atoms with Crippen molar-refractivity contribution in [2.45, 2.75) is 13.8 Å². The Morgan fingerprint density at radius 3 is 1.38 bits per heavy atom. The summed E-state index contributed by atoms with van der Waals surface area (Å²) < 4.78 is 3.55. The second kappa shape index (κ2) is 8.30. The zero-order valence-electron chi connectivity index (χ0n) is 19.2. The van der Waals surface area contributed by atoms with Crippen LogP contribution in [0.3, 0.4) is 0 Å². The predicted molar refractivity (Wildman–Crippen MR) is 149 cm³/mol. The normalized spacial score (nSPS) is 11.4. The molecule has 0 unspecified atom stereocenters. The van der Waals surface area contributed by atoms with Gasteiger partial charge in [-0.2, -0.15) is 0 Å². The highest BCUT2D eigenvalue weighted by molar-refractivity contribution is 9.10. The van der Waals surface area contributed by atoms with Gasteiger partial charge in [0.1, 0.15) is 0 Å². The van der Waals surface area contributed by atoms with E-state index in [4.69, 9.17) is 0 Å². The van der Waals surface area contributed by atoms with E-state index in [9.17, 15) is 0 Å². The molecule has 164 valence electrons. The minimum absolute atomic E-state index is 1.12. The Balaban J connectivity index is 1.70. The molecule has 0 saturated carbocycles. The van der Waals surface area contributed by atoms with Crippen molar-refractivity contribution >= 4 is 37.7 Å². The molecule has 1 nitrogen and oxygen atoms in total. The summed E-state index contributed by atoms with van der Waals surface area (Å²) in [6.07, 6.45) is 0. The highest BCUT2D eigenvalue weighted by atomic mass is 79.9. The highest BCUT2D eigenvalue weighted by Crippen LogP contribution is 2.39. The number of hydrogen-bond acceptors (Lipinski definition) is 0. The zero-order valence-corrected chi connectivity index (χ0v) is 20.8. The van der Waals surface area contributed by atoms with Crippen LogP contribution >= 0.6 is 15.9 Å². The molecule has 0 atom stereocenters. The van der Waals surface area contributed by atoms with Gasteiger partial charge in [-0.15, -0.1) is 0 Å². The van der Waals surface area contributed by atoms with Gasteiger partial charge in [0.25, 0.3) is 0 Å². The molecule has 1 heterocycles. The van der Waals surface area contributed by atoms with Gasteiger partial charge in [0.05, 0.1) is 16.7 Å². The molecule has 0 saturated heterocycles. The molecular formula is C32H24BrN. The summed E-state index contributed by atoms with van der Waals surface area (Å²) >= 11 is 3.67. The first kappa shape index (κ1) is 20.9. The number of rotatable bonds is 3. The summed E-state index contributed by atoms with van der Waals surface area (Å²) in [5.74, 6) is 0. The van der Waals surface area contributed by atoms with Crippen LogP contribution in [0.25, 0.3) is 49.7 Å². The van der Waals surface area contributed by atoms with E-state index in [2.05, 4.69) is 144 Å². The molecule has 6 rings (SSSR count). The molecule has 0 aliphatic rings. The van der Waals surface area contributed by atoms with Crippen LogP contribution < -0.4 is 0 Å². The van der Waals surface area contributed by atoms with Gasteiger partial charge in [0.2, 0.25) is 0 Å². The van der Waals surface area contributed by atoms with Crippen molar-refractivity contribution in [2.75, 3.05) is 0 Å². The van der Waals surface area contributed by atoms with E-state index in [1.165, 1.54) is 60.9 Å². The van der Waals surface area contributed by atoms with Gasteiger partial charge in [-0.1, -0.05) is 88.7 Å². The lowest BCUT2D eigenvalue weighted by Gasteiger charge is -2.15. The Labute approximate surface area is 208 Å². The van der Waals surface area contributed by atoms with Gasteiger partial charge in [-0.3, -0.25) is 0 Å². The van der Waals surface area contributed by atoms with Gasteiger partial charge in [0.15, 0.2) is 0 Å². The number of aromatic nitrogens is 1. The SMILES string of the molecule is Cc1cc(Br)cc(C)c1-n1c2ccc(-c3ccccc3)cc2c2cc(-c3ccccc3)ccc21. The third-order valence-corrected chi connectivity index (χ3v) is 7.12. The van der Waals surface area contributed by atoms with Crippen LogP contribution in [0, 0.1) is 13.8 Å². The fourth-order valence-corrected chi connectivity index (χ4v) is 5.83. The smallest absolute Gasteiger partial charge is 0.0541 e. The van der Waals surface area contributed by atoms with E-state index < -0.39 is 0 Å². The molecule has 0 aliphatic heterocycles. The van der Waals surface area contributed by atoms with Crippen molar-refractivity contribution < 1.29 is 0 Å². The van der Waals surface area contributed by atoms with Crippen LogP contribution in [0.2, 0.25) is 0 Å². The summed E-state index contributed by atoms with van der Waals surface area (Å²) in [5, 5.41) is 2.55. The molecule has 0 spiro atoms. The maximum absolute atomic E-state index is 3.67. The first-order chi connectivity index (χ1) is 16.6. The third-order valence-electron chi connectivity index (χ3n) is 6.66. The van der Waals surface area contributed by atoms with Gasteiger partial charge in [-0.05, 0) is 83.6 Å². The Bertz CT molecular complexity index is 1540. The molecule has 0 radical (unpaired) electrons. The number of nitrogens with zero attached hydrogens (tertiary/aromatic N) is 1. The molecular weight excluding hydrogens is 478 g/mol. The Hall–Kier alpha value is -3.62. The summed E-state index contributed by atoms with van der Waals surface area (Å²) in [6.45, 7) is 4.39. The van der Waals surface area contributed by atoms with Crippen molar-refractivity contribution in [1.82, 2.24) is 4.57 Å². The topological polar surface area (TPSA) is 4.93 Å². The number of hydrogen-bond donors (Lipinski definition) is 0. The fraction of sp³-hybridized carbons (Fsp3) is 0.0625. The lowest BCUT2D eigenvalue weighted by Crippen LogP contribution is -2.00. The molecule has 1 aromatic heterocycles. The van der Waals surface area contributed by atoms with Crippen molar-refractivity contribution in [3.63, 3.8) is 0 Å². The molecule has 5 aromatic carbocycles. The lowest BCUT2D eigenvalue weighted by atomic mass is 10.0. The second-order valence-electron chi connectivity index (χ2n) is 8.92. The number of benzene rings is 5. The molecule has 0 fully saturated rings. The van der Waals surface area contributed by atoms with Crippen LogP contribution in [0.4, 0.5) is 0 Å². The van der Waals surface area contributed by atoms with E-state index in [0.29, 0.717) is 0 Å². The molecule has 0 aliphatic carbocycles. The summed E-state index contributed by atoms with van der Waals surface area (Å²) in [5.41, 5.74) is 11.2. The first-order valence-corrected chi connectivity index (χ1v) is 12.4. The molecule has 0 bridgehead atoms. The van der Waals surface area contributed by atoms with Crippen LogP contribution in [0.1, 0.15) is 11.1 Å². The average molecular weight is 502 g/mol. The monoisotopic (exact) mass is 501 g/mol. The molecule has 0 N–H and O–H groups in total. The van der Waals surface area contributed by atoms with Crippen molar-refractivity contribution in [3.05, 3.63) is 125 Å². The maximum atomic E-state index is 3.67. The Morgan fingerprint density at radius 1 is 0.500 bits per heavy atom. The van der Waals surface area contributed by atoms with Crippen LogP contribution in [-0.4, -0.2) is 4.57 Å². The fourth-order valence-electron chi connectivity index (χ4n) is 5.14. The molecule has 34 heavy (non-hydrogen) atoms. The van der Waals surface area contributed by atoms with E-state index in [1.54, 1.807) is 0 Å². The van der Waals surface area contributed by atoms with E-state index in [-0.39, 0.29) is 0 Å². The Kier molecular flexibility index (Phi) is 5.12. The standard InChI is InChI=1S/C32H24BrN/c1-21-17-27(33)18-22(2)32(21)34-30-15-13-25(23-9-5-3-6-10-23)19-28(30)29-20-26(14-16-31(29)34)24-11-7-4-8-12-24/h3-20H,1-2H3. The largest absolute Gasteiger partial charge is 0.309 e. The van der Waals surface area contributed by atoms with Gasteiger partial charge >= 0.3 is 0 Å². The van der Waals surface area contributed by atoms with Crippen molar-refractivity contribution in [3.8, 4) is 27.9 Å². The first-order valence-electron chi connectivity index (χ1n) is 11.6. The maximum Gasteiger partial charge on any atom is 0.0541 e. The summed E-state index contributed by atoms with van der Waals surface area (Å²) in [7, 11) is 0. The van der Waals surface area contributed by atoms with Gasteiger partial charge < -0.3 is 4.57 Å². The average Bonchev–Trinajstić information content (AvgIpc) is 3.17. The van der Waals surface area contributed by atoms with Gasteiger partial charge in [0, 0.05) is 15.2 Å². The van der Waals surface area contributed by atoms with Crippen molar-refractivity contribution in [1.29, 1.82) is 0 Å². The van der Waals surface area contributed by atoms with E-state index in [0.717, 1.165) is 4.47 Å². The number of aryl methyl sites for hydroxylation is 2. The number of halogens is 1. The predicted octanol–water partition coefficient (Wildman–Crippen LogP) is 9.50. The zero-order chi connectivity index (χ0) is 23.2. The van der Waals surface area contributed by atoms with Crippen LogP contribution in [-0.2, 0) is 0 Å². The van der Waals surface area contributed by atoms with Crippen LogP contribution in [0.5, 0.6) is 0 Å². The highest BCUT2D eigenvalue weighted by Gasteiger charge is 2.17. The minimum atomic E-state index is 1.12. The van der Waals surface area contributed by atoms with Crippen molar-refractivity contribution in [2.24, 2.45) is 0 Å². The third kappa shape index (κ3) is 3.46. The van der Waals surface area contributed by atoms with E-state index >= 15 is 0 Å². The quantitative estimate of drug-likeness (QED) is 0.227. The molecule has 6 aromatic rings. The minimum Gasteiger partial charge on any atom is -0.309 e. The molecule has 0 amide bonds. The molecule has 2 heteroatoms. The lowest BCUT2D eigenvalue weighted by molar-refractivity contribution is 1.12. The van der Waals surface area contributed by atoms with Crippen LogP contribution in [0.15, 0.2) is 114 Å². The summed E-state index contributed by atoms with van der Waals surface area (Å²) in [6, 6.07) is 39.4. The van der Waals surface area contributed by atoms with E-state index in [1.807, 2.05) is 0 Å². The second-order valence-corrected chi connectivity index (χ2v) is 9.84. The number of fused-ring (bicyclic) bond motifs is 3. The summed E-state index contributed by atoms with van der Waals surface area (Å²) in [4.78, 5) is 0.